The molecule has 3 rings (SSSR count). The topological polar surface area (TPSA) is 137 Å². The van der Waals surface area contributed by atoms with E-state index in [0.717, 1.165) is 11.2 Å². The van der Waals surface area contributed by atoms with Gasteiger partial charge in [-0.05, 0) is 32.8 Å². The lowest BCUT2D eigenvalue weighted by Crippen LogP contribution is -2.30. The normalized spacial score (nSPS) is 13.5. The molecule has 9 nitrogen and oxygen atoms in total. The third-order valence-electron chi connectivity index (χ3n) is 4.91. The Morgan fingerprint density at radius 3 is 2.52 bits per heavy atom. The predicted octanol–water partition coefficient (Wildman–Crippen LogP) is 3.39. The smallest absolute Gasteiger partial charge is 0.227 e. The zero-order chi connectivity index (χ0) is 22.9. The predicted molar refractivity (Wildman–Crippen MR) is 123 cm³/mol. The molecule has 0 saturated heterocycles. The molecule has 31 heavy (non-hydrogen) atoms. The fraction of sp³-hybridized carbons (Fsp3) is 0.476. The summed E-state index contributed by atoms with van der Waals surface area (Å²) in [6, 6.07) is 3.17. The van der Waals surface area contributed by atoms with Crippen molar-refractivity contribution in [1.82, 2.24) is 19.7 Å². The first-order chi connectivity index (χ1) is 14.6. The van der Waals surface area contributed by atoms with E-state index >= 15 is 0 Å². The molecule has 0 aliphatic rings. The average Bonchev–Trinajstić information content (AvgIpc) is 3.14. The Balaban J connectivity index is 2.16. The van der Waals surface area contributed by atoms with Gasteiger partial charge in [0, 0.05) is 24.2 Å². The molecule has 0 saturated carbocycles. The van der Waals surface area contributed by atoms with Crippen LogP contribution in [0.3, 0.4) is 0 Å². The Morgan fingerprint density at radius 2 is 1.90 bits per heavy atom. The molecular weight excluding hydrogens is 418 g/mol. The summed E-state index contributed by atoms with van der Waals surface area (Å²) < 4.78 is 2.06. The molecule has 0 amide bonds. The Hall–Kier alpha value is -2.78. The summed E-state index contributed by atoms with van der Waals surface area (Å²) >= 11 is 5.86. The van der Waals surface area contributed by atoms with Crippen LogP contribution in [0.15, 0.2) is 17.1 Å². The molecule has 0 bridgehead atoms. The number of phenolic OH excluding ortho intramolecular Hbond substituents is 2. The molecule has 1 unspecified atom stereocenters. The van der Waals surface area contributed by atoms with Crippen molar-refractivity contribution in [3.05, 3.63) is 34.0 Å². The molecule has 10 heteroatoms. The minimum absolute atomic E-state index is 0.0883. The molecule has 0 spiro atoms. The summed E-state index contributed by atoms with van der Waals surface area (Å²) in [6.45, 7) is 10.9. The van der Waals surface area contributed by atoms with E-state index < -0.39 is 0 Å². The minimum Gasteiger partial charge on any atom is -0.504 e. The Kier molecular flexibility index (Phi) is 6.76. The first kappa shape index (κ1) is 22.9. The van der Waals surface area contributed by atoms with Crippen molar-refractivity contribution in [1.29, 1.82) is 0 Å². The zero-order valence-corrected chi connectivity index (χ0v) is 19.2. The van der Waals surface area contributed by atoms with E-state index in [9.17, 15) is 10.2 Å². The van der Waals surface area contributed by atoms with Gasteiger partial charge in [-0.25, -0.2) is 4.99 Å². The second-order valence-corrected chi connectivity index (χ2v) is 8.70. The number of aromatic nitrogens is 4. The van der Waals surface area contributed by atoms with Gasteiger partial charge in [-0.2, -0.15) is 10.1 Å². The lowest BCUT2D eigenvalue weighted by Gasteiger charge is -2.17. The molecule has 0 aliphatic heterocycles. The van der Waals surface area contributed by atoms with E-state index in [4.69, 9.17) is 22.3 Å². The first-order valence-electron chi connectivity index (χ1n) is 10.3. The van der Waals surface area contributed by atoms with E-state index in [1.54, 1.807) is 6.07 Å². The molecule has 0 aliphatic carbocycles. The lowest BCUT2D eigenvalue weighted by molar-refractivity contribution is 0.400. The molecule has 2 heterocycles. The molecule has 2 aromatic heterocycles. The zero-order valence-electron chi connectivity index (χ0n) is 18.4. The standard InChI is InChI=1S/C21H30ClN7O2/c1-10(2)15-17-16(28-27-15)20(24-9-13-6-7-14(22)19(31)18(13)30)26-21(25-8-12(5)23)29(17)11(3)4/h6-7,10-12,30-31H,8-9,23H2,1-5H3,(H,27,28)(H,24,25,26). The van der Waals surface area contributed by atoms with E-state index in [1.807, 2.05) is 6.92 Å². The van der Waals surface area contributed by atoms with Crippen LogP contribution in [0.25, 0.3) is 11.0 Å². The summed E-state index contributed by atoms with van der Waals surface area (Å²) in [7, 11) is 0. The average molecular weight is 448 g/mol. The number of halogens is 1. The number of fused-ring (bicyclic) bond motifs is 1. The fourth-order valence-electron chi connectivity index (χ4n) is 3.34. The monoisotopic (exact) mass is 447 g/mol. The number of benzene rings is 1. The number of aromatic amines is 1. The number of hydrogen-bond acceptors (Lipinski definition) is 7. The van der Waals surface area contributed by atoms with Crippen molar-refractivity contribution in [2.75, 3.05) is 11.9 Å². The maximum Gasteiger partial charge on any atom is 0.227 e. The van der Waals surface area contributed by atoms with Gasteiger partial charge in [-0.1, -0.05) is 31.5 Å². The van der Waals surface area contributed by atoms with Crippen molar-refractivity contribution in [2.45, 2.75) is 59.2 Å². The van der Waals surface area contributed by atoms with Crippen LogP contribution in [0.1, 0.15) is 57.8 Å². The molecule has 168 valence electrons. The van der Waals surface area contributed by atoms with Crippen LogP contribution in [-0.2, 0) is 6.54 Å². The first-order valence-corrected chi connectivity index (χ1v) is 10.7. The molecule has 0 fully saturated rings. The highest BCUT2D eigenvalue weighted by Crippen LogP contribution is 2.36. The Bertz CT molecular complexity index is 1150. The van der Waals surface area contributed by atoms with Gasteiger partial charge in [0.15, 0.2) is 22.8 Å². The minimum atomic E-state index is -0.348. The van der Waals surface area contributed by atoms with Gasteiger partial charge in [0.25, 0.3) is 0 Å². The van der Waals surface area contributed by atoms with Crippen LogP contribution >= 0.6 is 11.6 Å². The Labute approximate surface area is 186 Å². The third-order valence-corrected chi connectivity index (χ3v) is 5.21. The molecule has 3 aromatic rings. The lowest BCUT2D eigenvalue weighted by atomic mass is 10.1. The second-order valence-electron chi connectivity index (χ2n) is 8.29. The summed E-state index contributed by atoms with van der Waals surface area (Å²) in [5.41, 5.74) is 9.54. The van der Waals surface area contributed by atoms with Gasteiger partial charge >= 0.3 is 0 Å². The maximum absolute atomic E-state index is 10.2. The van der Waals surface area contributed by atoms with Crippen LogP contribution in [0.2, 0.25) is 5.02 Å². The summed E-state index contributed by atoms with van der Waals surface area (Å²) in [5.74, 6) is 0.117. The van der Waals surface area contributed by atoms with Crippen LogP contribution in [0.4, 0.5) is 5.82 Å². The van der Waals surface area contributed by atoms with Crippen molar-refractivity contribution >= 4 is 28.5 Å². The number of hydrogen-bond donors (Lipinski definition) is 5. The van der Waals surface area contributed by atoms with Crippen LogP contribution in [0, 0.1) is 0 Å². The van der Waals surface area contributed by atoms with Gasteiger partial charge in [0.1, 0.15) is 0 Å². The van der Waals surface area contributed by atoms with Crippen LogP contribution < -0.4 is 16.7 Å². The van der Waals surface area contributed by atoms with E-state index in [-0.39, 0.29) is 41.1 Å². The SMILES string of the molecule is CC(N)CN=c1nc(NCc2ccc(Cl)c(O)c2O)c2n[nH]c(C(C)C)c2n1C(C)C. The van der Waals surface area contributed by atoms with Gasteiger partial charge in [-0.3, -0.25) is 5.10 Å². The summed E-state index contributed by atoms with van der Waals surface area (Å²) in [5, 5.41) is 31.1. The van der Waals surface area contributed by atoms with Crippen molar-refractivity contribution in [3.63, 3.8) is 0 Å². The van der Waals surface area contributed by atoms with Gasteiger partial charge in [0.05, 0.1) is 22.8 Å². The van der Waals surface area contributed by atoms with Crippen molar-refractivity contribution < 1.29 is 10.2 Å². The van der Waals surface area contributed by atoms with E-state index in [2.05, 4.69) is 52.8 Å². The number of aromatic hydroxyl groups is 2. The number of H-pyrrole nitrogens is 1. The molecule has 1 aromatic carbocycles. The summed E-state index contributed by atoms with van der Waals surface area (Å²) in [4.78, 5) is 9.38. The van der Waals surface area contributed by atoms with E-state index in [0.29, 0.717) is 29.1 Å². The van der Waals surface area contributed by atoms with Gasteiger partial charge in [0.2, 0.25) is 5.62 Å². The van der Waals surface area contributed by atoms with Crippen LogP contribution in [0.5, 0.6) is 11.5 Å². The van der Waals surface area contributed by atoms with E-state index in [1.165, 1.54) is 6.07 Å². The number of rotatable bonds is 7. The fourth-order valence-corrected chi connectivity index (χ4v) is 3.49. The number of nitrogens with two attached hydrogens (primary N) is 1. The highest BCUT2D eigenvalue weighted by molar-refractivity contribution is 6.32. The molecular formula is C21H30ClN7O2. The molecule has 0 radical (unpaired) electrons. The van der Waals surface area contributed by atoms with Crippen LogP contribution in [-0.4, -0.2) is 42.5 Å². The summed E-state index contributed by atoms with van der Waals surface area (Å²) in [6.07, 6.45) is 0. The molecule has 1 atom stereocenters. The number of nitrogens with one attached hydrogen (secondary N) is 2. The third kappa shape index (κ3) is 4.62. The second kappa shape index (κ2) is 9.15. The highest BCUT2D eigenvalue weighted by Gasteiger charge is 2.20. The van der Waals surface area contributed by atoms with Gasteiger partial charge < -0.3 is 25.8 Å². The number of phenols is 2. The number of anilines is 1. The van der Waals surface area contributed by atoms with Crippen molar-refractivity contribution in [2.24, 2.45) is 10.7 Å². The van der Waals surface area contributed by atoms with Crippen molar-refractivity contribution in [3.8, 4) is 11.5 Å². The molecule has 6 N–H and O–H groups in total. The number of nitrogens with zero attached hydrogens (tertiary/aromatic N) is 4. The van der Waals surface area contributed by atoms with Gasteiger partial charge in [-0.15, -0.1) is 0 Å². The Morgan fingerprint density at radius 1 is 1.19 bits per heavy atom. The largest absolute Gasteiger partial charge is 0.504 e. The maximum atomic E-state index is 10.2. The highest BCUT2D eigenvalue weighted by atomic mass is 35.5. The quantitative estimate of drug-likeness (QED) is 0.352.